The minimum atomic E-state index is -1.20. The second-order valence-corrected chi connectivity index (χ2v) is 6.17. The molecule has 80 valence electrons. The van der Waals surface area contributed by atoms with Gasteiger partial charge < -0.3 is 5.11 Å². The number of hydrogen-bond donors (Lipinski definition) is 1. The molecule has 2 unspecified atom stereocenters. The number of carboxylic acid groups (broad SMARTS) is 1. The van der Waals surface area contributed by atoms with Crippen LogP contribution in [0.15, 0.2) is 0 Å². The fourth-order valence-corrected chi connectivity index (χ4v) is 5.57. The Balaban J connectivity index is 1.76. The van der Waals surface area contributed by atoms with Crippen LogP contribution in [0.1, 0.15) is 32.1 Å². The van der Waals surface area contributed by atoms with Crippen molar-refractivity contribution in [2.24, 2.45) is 28.6 Å². The third kappa shape index (κ3) is 0.624. The largest absolute Gasteiger partial charge is 0.475 e. The Bertz CT molecular complexity index is 382. The molecule has 4 saturated carbocycles. The van der Waals surface area contributed by atoms with E-state index in [-0.39, 0.29) is 0 Å². The molecule has 3 nitrogen and oxygen atoms in total. The van der Waals surface area contributed by atoms with Crippen molar-refractivity contribution in [1.29, 1.82) is 0 Å². The van der Waals surface area contributed by atoms with E-state index in [1.165, 1.54) is 12.8 Å². The van der Waals surface area contributed by atoms with Crippen molar-refractivity contribution in [3.05, 3.63) is 0 Å². The highest BCUT2D eigenvalue weighted by Crippen LogP contribution is 2.84. The van der Waals surface area contributed by atoms with Crippen LogP contribution in [0.2, 0.25) is 0 Å². The van der Waals surface area contributed by atoms with E-state index in [0.717, 1.165) is 25.2 Å². The third-order valence-corrected chi connectivity index (χ3v) is 6.01. The number of hydrogen-bond acceptors (Lipinski definition) is 2. The number of fused-ring (bicyclic) bond motifs is 1. The molecule has 0 radical (unpaired) electrons. The van der Waals surface area contributed by atoms with Crippen molar-refractivity contribution in [3.8, 4) is 0 Å². The molecule has 0 aromatic heterocycles. The lowest BCUT2D eigenvalue weighted by atomic mass is 9.38. The maximum atomic E-state index is 11.8. The number of ketones is 1. The second-order valence-electron chi connectivity index (χ2n) is 6.17. The normalized spacial score (nSPS) is 58.0. The minimum absolute atomic E-state index is 0.438. The average molecular weight is 206 g/mol. The van der Waals surface area contributed by atoms with Crippen molar-refractivity contribution in [1.82, 2.24) is 0 Å². The van der Waals surface area contributed by atoms with Crippen molar-refractivity contribution in [2.45, 2.75) is 32.1 Å². The Morgan fingerprint density at radius 3 is 2.07 bits per heavy atom. The van der Waals surface area contributed by atoms with Crippen LogP contribution in [-0.4, -0.2) is 16.9 Å². The molecule has 0 heterocycles. The highest BCUT2D eigenvalue weighted by atomic mass is 16.4. The van der Waals surface area contributed by atoms with E-state index in [1.807, 2.05) is 0 Å². The smallest absolute Gasteiger partial charge is 0.372 e. The maximum absolute atomic E-state index is 11.8. The van der Waals surface area contributed by atoms with Crippen LogP contribution in [0.25, 0.3) is 0 Å². The van der Waals surface area contributed by atoms with Gasteiger partial charge in [-0.1, -0.05) is 0 Å². The predicted octanol–water partition coefficient (Wildman–Crippen LogP) is 1.47. The summed E-state index contributed by atoms with van der Waals surface area (Å²) in [5, 5.41) is 8.90. The summed E-state index contributed by atoms with van der Waals surface area (Å²) in [5.74, 6) is 0.542. The van der Waals surface area contributed by atoms with Crippen LogP contribution in [0.5, 0.6) is 0 Å². The standard InChI is InChI=1S/C12H14O3/c13-9(10(14)15)11-3-7-1-6-2-8(4-11)12(6,7)5-11/h6-8H,1-5H2,(H,14,15). The Morgan fingerprint density at radius 2 is 1.67 bits per heavy atom. The van der Waals surface area contributed by atoms with Gasteiger partial charge in [-0.25, -0.2) is 4.79 Å². The van der Waals surface area contributed by atoms with Crippen molar-refractivity contribution in [3.63, 3.8) is 0 Å². The summed E-state index contributed by atoms with van der Waals surface area (Å²) in [6, 6.07) is 0. The highest BCUT2D eigenvalue weighted by Gasteiger charge is 2.79. The molecule has 4 aliphatic rings. The molecule has 2 bridgehead atoms. The third-order valence-electron chi connectivity index (χ3n) is 6.01. The van der Waals surface area contributed by atoms with Gasteiger partial charge in [-0.2, -0.15) is 0 Å². The second kappa shape index (κ2) is 2.00. The van der Waals surface area contributed by atoms with Crippen LogP contribution in [0.4, 0.5) is 0 Å². The lowest BCUT2D eigenvalue weighted by Gasteiger charge is -2.66. The molecule has 3 heteroatoms. The number of carboxylic acids is 1. The van der Waals surface area contributed by atoms with Crippen molar-refractivity contribution in [2.75, 3.05) is 0 Å². The van der Waals surface area contributed by atoms with Gasteiger partial charge in [0.25, 0.3) is 0 Å². The van der Waals surface area contributed by atoms with Crippen molar-refractivity contribution < 1.29 is 14.7 Å². The van der Waals surface area contributed by atoms with Crippen LogP contribution in [0.3, 0.4) is 0 Å². The van der Waals surface area contributed by atoms with Gasteiger partial charge in [0.2, 0.25) is 5.78 Å². The van der Waals surface area contributed by atoms with Crippen LogP contribution in [-0.2, 0) is 9.59 Å². The summed E-state index contributed by atoms with van der Waals surface area (Å²) in [6.45, 7) is 0. The van der Waals surface area contributed by atoms with Gasteiger partial charge in [-0.05, 0) is 55.3 Å². The molecule has 0 aromatic carbocycles. The Morgan fingerprint density at radius 1 is 1.07 bits per heavy atom. The van der Waals surface area contributed by atoms with Gasteiger partial charge in [-0.3, -0.25) is 4.79 Å². The molecular formula is C12H14O3. The number of aliphatic carboxylic acids is 1. The highest BCUT2D eigenvalue weighted by molar-refractivity contribution is 6.35. The fourth-order valence-electron chi connectivity index (χ4n) is 5.57. The average Bonchev–Trinajstić information content (AvgIpc) is 2.62. The predicted molar refractivity (Wildman–Crippen MR) is 51.1 cm³/mol. The molecule has 4 aliphatic carbocycles. The number of Topliss-reactive ketones (excluding diaryl/α,β-unsaturated/α-hetero) is 1. The summed E-state index contributed by atoms with van der Waals surface area (Å²) in [7, 11) is 0. The van der Waals surface area contributed by atoms with Gasteiger partial charge in [0, 0.05) is 5.41 Å². The van der Waals surface area contributed by atoms with E-state index in [1.54, 1.807) is 0 Å². The van der Waals surface area contributed by atoms with Gasteiger partial charge in [0.05, 0.1) is 0 Å². The van der Waals surface area contributed by atoms with E-state index in [2.05, 4.69) is 0 Å². The SMILES string of the molecule is O=C(O)C(=O)C12CC3CC4CC(C1)C43C2. The molecule has 15 heavy (non-hydrogen) atoms. The summed E-state index contributed by atoms with van der Waals surface area (Å²) in [6.07, 6.45) is 5.21. The first-order chi connectivity index (χ1) is 7.08. The Hall–Kier alpha value is -0.860. The van der Waals surface area contributed by atoms with E-state index in [0.29, 0.717) is 17.3 Å². The van der Waals surface area contributed by atoms with Crippen molar-refractivity contribution >= 4 is 11.8 Å². The maximum Gasteiger partial charge on any atom is 0.372 e. The number of carbonyl (C=O) groups excluding carboxylic acids is 1. The van der Waals surface area contributed by atoms with Crippen LogP contribution >= 0.6 is 0 Å². The molecule has 0 aliphatic heterocycles. The molecular weight excluding hydrogens is 192 g/mol. The first-order valence-electron chi connectivity index (χ1n) is 5.86. The molecule has 1 spiro atoms. The zero-order valence-electron chi connectivity index (χ0n) is 8.53. The Labute approximate surface area is 87.8 Å². The zero-order valence-corrected chi connectivity index (χ0v) is 8.53. The summed E-state index contributed by atoms with van der Waals surface area (Å²) >= 11 is 0. The number of carbonyl (C=O) groups is 2. The molecule has 0 saturated heterocycles. The van der Waals surface area contributed by atoms with E-state index in [4.69, 9.17) is 5.11 Å². The first kappa shape index (κ1) is 8.31. The van der Waals surface area contributed by atoms with E-state index in [9.17, 15) is 9.59 Å². The fraction of sp³-hybridized carbons (Fsp3) is 0.833. The molecule has 1 N–H and O–H groups in total. The molecule has 0 aromatic rings. The van der Waals surface area contributed by atoms with Crippen LogP contribution in [0, 0.1) is 28.6 Å². The zero-order chi connectivity index (χ0) is 10.4. The number of rotatable bonds is 2. The van der Waals surface area contributed by atoms with E-state index < -0.39 is 17.2 Å². The summed E-state index contributed by atoms with van der Waals surface area (Å²) in [5.41, 5.74) is 0.0114. The summed E-state index contributed by atoms with van der Waals surface area (Å²) in [4.78, 5) is 22.7. The summed E-state index contributed by atoms with van der Waals surface area (Å²) < 4.78 is 0. The quantitative estimate of drug-likeness (QED) is 0.696. The monoisotopic (exact) mass is 206 g/mol. The minimum Gasteiger partial charge on any atom is -0.475 e. The lowest BCUT2D eigenvalue weighted by molar-refractivity contribution is -0.178. The molecule has 0 amide bonds. The molecule has 4 fully saturated rings. The topological polar surface area (TPSA) is 54.4 Å². The van der Waals surface area contributed by atoms with Gasteiger partial charge >= 0.3 is 5.97 Å². The molecule has 2 atom stereocenters. The lowest BCUT2D eigenvalue weighted by Crippen LogP contribution is -2.59. The van der Waals surface area contributed by atoms with E-state index >= 15 is 0 Å². The Kier molecular flexibility index (Phi) is 1.11. The first-order valence-corrected chi connectivity index (χ1v) is 5.86. The van der Waals surface area contributed by atoms with Gasteiger partial charge in [0.1, 0.15) is 0 Å². The van der Waals surface area contributed by atoms with Crippen LogP contribution < -0.4 is 0 Å². The molecule has 4 rings (SSSR count). The van der Waals surface area contributed by atoms with Gasteiger partial charge in [-0.15, -0.1) is 0 Å². The van der Waals surface area contributed by atoms with Gasteiger partial charge in [0.15, 0.2) is 0 Å².